The maximum atomic E-state index is 12.8. The van der Waals surface area contributed by atoms with Crippen LogP contribution < -0.4 is 0 Å². The molecule has 172 valence electrons. The van der Waals surface area contributed by atoms with Crippen molar-refractivity contribution in [1.29, 1.82) is 0 Å². The lowest BCUT2D eigenvalue weighted by Gasteiger charge is -2.36. The van der Waals surface area contributed by atoms with E-state index in [0.717, 1.165) is 0 Å². The standard InChI is InChI=1S/C24H30O7Si/c1-23(2,3)32(6,7)31-13-17-16-12-24(21(27)29-4,22(28)30-5)11-14(16)10-15-18(25)8-9-19(26)20(15)17/h8-10H,11-13H2,1-7H3. The van der Waals surface area contributed by atoms with Crippen LogP contribution in [0.1, 0.15) is 58.2 Å². The lowest BCUT2D eigenvalue weighted by atomic mass is 9.84. The zero-order valence-corrected chi connectivity index (χ0v) is 20.7. The highest BCUT2D eigenvalue weighted by Gasteiger charge is 2.54. The number of fused-ring (bicyclic) bond motifs is 2. The van der Waals surface area contributed by atoms with E-state index >= 15 is 0 Å². The zero-order chi connectivity index (χ0) is 24.1. The van der Waals surface area contributed by atoms with E-state index < -0.39 is 25.7 Å². The Kier molecular flexibility index (Phi) is 6.08. The van der Waals surface area contributed by atoms with E-state index in [4.69, 9.17) is 13.9 Å². The Morgan fingerprint density at radius 3 is 2.09 bits per heavy atom. The van der Waals surface area contributed by atoms with Crippen LogP contribution in [0.2, 0.25) is 18.1 Å². The number of ketones is 2. The van der Waals surface area contributed by atoms with Crippen molar-refractivity contribution in [2.75, 3.05) is 14.2 Å². The minimum absolute atomic E-state index is 0.0241. The Labute approximate surface area is 189 Å². The molecule has 0 radical (unpaired) electrons. The molecule has 0 saturated heterocycles. The van der Waals surface area contributed by atoms with Gasteiger partial charge in [-0.2, -0.15) is 0 Å². The average molecular weight is 459 g/mol. The van der Waals surface area contributed by atoms with Gasteiger partial charge in [0.05, 0.1) is 20.8 Å². The predicted octanol–water partition coefficient (Wildman–Crippen LogP) is 3.57. The zero-order valence-electron chi connectivity index (χ0n) is 19.7. The van der Waals surface area contributed by atoms with Crippen LogP contribution in [-0.4, -0.2) is 46.0 Å². The third kappa shape index (κ3) is 3.75. The molecule has 0 heterocycles. The highest BCUT2D eigenvalue weighted by Crippen LogP contribution is 2.44. The third-order valence-corrected chi connectivity index (χ3v) is 11.5. The molecular weight excluding hydrogens is 428 g/mol. The first kappa shape index (κ1) is 24.1. The number of ether oxygens (including phenoxy) is 2. The second-order valence-electron chi connectivity index (χ2n) is 9.95. The number of hydrogen-bond acceptors (Lipinski definition) is 7. The average Bonchev–Trinajstić information content (AvgIpc) is 3.12. The summed E-state index contributed by atoms with van der Waals surface area (Å²) in [6.45, 7) is 10.7. The molecule has 7 nitrogen and oxygen atoms in total. The third-order valence-electron chi connectivity index (χ3n) is 7.05. The smallest absolute Gasteiger partial charge is 0.323 e. The van der Waals surface area contributed by atoms with Crippen molar-refractivity contribution < 1.29 is 33.1 Å². The van der Waals surface area contributed by atoms with Crippen LogP contribution in [0.15, 0.2) is 18.2 Å². The SMILES string of the molecule is COC(=O)C1(C(=O)OC)Cc2cc3c(c(CO[Si](C)(C)C(C)(C)C)c2C1)C(=O)C=CC3=O. The molecular formula is C24H30O7Si. The van der Waals surface area contributed by atoms with E-state index in [1.807, 2.05) is 0 Å². The molecule has 0 unspecified atom stereocenters. The van der Waals surface area contributed by atoms with Gasteiger partial charge in [-0.25, -0.2) is 0 Å². The number of hydrogen-bond donors (Lipinski definition) is 0. The molecule has 8 heteroatoms. The number of carbonyl (C=O) groups excluding carboxylic acids is 4. The minimum atomic E-state index is -2.20. The highest BCUT2D eigenvalue weighted by atomic mass is 28.4. The van der Waals surface area contributed by atoms with Crippen molar-refractivity contribution in [3.8, 4) is 0 Å². The molecule has 32 heavy (non-hydrogen) atoms. The summed E-state index contributed by atoms with van der Waals surface area (Å²) in [5.74, 6) is -1.98. The monoisotopic (exact) mass is 458 g/mol. The molecule has 0 spiro atoms. The summed E-state index contributed by atoms with van der Waals surface area (Å²) in [6.07, 6.45) is 2.57. The molecule has 2 aliphatic carbocycles. The van der Waals surface area contributed by atoms with Crippen molar-refractivity contribution in [3.63, 3.8) is 0 Å². The maximum absolute atomic E-state index is 12.8. The van der Waals surface area contributed by atoms with Gasteiger partial charge < -0.3 is 13.9 Å². The van der Waals surface area contributed by atoms with E-state index in [9.17, 15) is 19.2 Å². The highest BCUT2D eigenvalue weighted by molar-refractivity contribution is 6.74. The summed E-state index contributed by atoms with van der Waals surface area (Å²) >= 11 is 0. The van der Waals surface area contributed by atoms with Crippen molar-refractivity contribution in [2.24, 2.45) is 5.41 Å². The predicted molar refractivity (Wildman–Crippen MR) is 120 cm³/mol. The quantitative estimate of drug-likeness (QED) is 0.378. The number of methoxy groups -OCH3 is 2. The first-order chi connectivity index (χ1) is 14.8. The van der Waals surface area contributed by atoms with Gasteiger partial charge in [-0.15, -0.1) is 0 Å². The molecule has 3 rings (SSSR count). The van der Waals surface area contributed by atoms with Crippen molar-refractivity contribution >= 4 is 31.8 Å². The molecule has 0 saturated carbocycles. The number of carbonyl (C=O) groups is 4. The Balaban J connectivity index is 2.18. The summed E-state index contributed by atoms with van der Waals surface area (Å²) in [4.78, 5) is 50.9. The maximum Gasteiger partial charge on any atom is 0.323 e. The van der Waals surface area contributed by atoms with Gasteiger partial charge in [0.15, 0.2) is 25.3 Å². The van der Waals surface area contributed by atoms with Gasteiger partial charge in [0, 0.05) is 17.5 Å². The van der Waals surface area contributed by atoms with Crippen LogP contribution in [-0.2, 0) is 42.9 Å². The van der Waals surface area contributed by atoms with E-state index in [1.165, 1.54) is 26.4 Å². The number of benzene rings is 1. The van der Waals surface area contributed by atoms with Crippen molar-refractivity contribution in [2.45, 2.75) is 58.4 Å². The van der Waals surface area contributed by atoms with Gasteiger partial charge >= 0.3 is 11.9 Å². The lowest BCUT2D eigenvalue weighted by Crippen LogP contribution is -2.42. The van der Waals surface area contributed by atoms with Crippen molar-refractivity contribution in [1.82, 2.24) is 0 Å². The number of rotatable bonds is 5. The molecule has 0 amide bonds. The summed E-state index contributed by atoms with van der Waals surface area (Å²) in [5, 5.41) is -0.0630. The van der Waals surface area contributed by atoms with Gasteiger partial charge in [0.2, 0.25) is 0 Å². The fraction of sp³-hybridized carbons (Fsp3) is 0.500. The molecule has 0 fully saturated rings. The number of esters is 2. The Hall–Kier alpha value is -2.58. The van der Waals surface area contributed by atoms with Crippen LogP contribution in [0.5, 0.6) is 0 Å². The van der Waals surface area contributed by atoms with Gasteiger partial charge in [-0.1, -0.05) is 20.8 Å². The van der Waals surface area contributed by atoms with Crippen LogP contribution >= 0.6 is 0 Å². The van der Waals surface area contributed by atoms with E-state index in [1.54, 1.807) is 6.07 Å². The Bertz CT molecular complexity index is 1030. The van der Waals surface area contributed by atoms with Crippen molar-refractivity contribution in [3.05, 3.63) is 46.0 Å². The fourth-order valence-corrected chi connectivity index (χ4v) is 5.04. The first-order valence-corrected chi connectivity index (χ1v) is 13.4. The molecule has 1 aromatic rings. The largest absolute Gasteiger partial charge is 0.468 e. The first-order valence-electron chi connectivity index (χ1n) is 10.5. The van der Waals surface area contributed by atoms with Crippen LogP contribution in [0.25, 0.3) is 0 Å². The Morgan fingerprint density at radius 1 is 1.00 bits per heavy atom. The second kappa shape index (κ2) is 8.08. The summed E-state index contributed by atoms with van der Waals surface area (Å²) in [6, 6.07) is 1.62. The molecule has 0 N–H and O–H groups in total. The summed E-state index contributed by atoms with van der Waals surface area (Å²) in [5.41, 5.74) is 0.913. The van der Waals surface area contributed by atoms with Crippen LogP contribution in [0.3, 0.4) is 0 Å². The molecule has 0 atom stereocenters. The van der Waals surface area contributed by atoms with Crippen LogP contribution in [0, 0.1) is 5.41 Å². The van der Waals surface area contributed by atoms with Gasteiger partial charge in [0.1, 0.15) is 0 Å². The lowest BCUT2D eigenvalue weighted by molar-refractivity contribution is -0.168. The molecule has 0 aromatic heterocycles. The van der Waals surface area contributed by atoms with E-state index in [0.29, 0.717) is 22.3 Å². The second-order valence-corrected chi connectivity index (χ2v) is 14.8. The summed E-state index contributed by atoms with van der Waals surface area (Å²) < 4.78 is 16.3. The number of allylic oxidation sites excluding steroid dienone is 2. The summed E-state index contributed by atoms with van der Waals surface area (Å²) in [7, 11) is 0.248. The molecule has 0 bridgehead atoms. The van der Waals surface area contributed by atoms with Gasteiger partial charge in [0.25, 0.3) is 0 Å². The minimum Gasteiger partial charge on any atom is -0.468 e. The van der Waals surface area contributed by atoms with Gasteiger partial charge in [-0.3, -0.25) is 19.2 Å². The van der Waals surface area contributed by atoms with E-state index in [-0.39, 0.29) is 41.6 Å². The topological polar surface area (TPSA) is 96.0 Å². The molecule has 0 aliphatic heterocycles. The van der Waals surface area contributed by atoms with Gasteiger partial charge in [-0.05, 0) is 59.5 Å². The molecule has 2 aliphatic rings. The normalized spacial score (nSPS) is 17.1. The molecule has 1 aromatic carbocycles. The fourth-order valence-electron chi connectivity index (χ4n) is 4.10. The van der Waals surface area contributed by atoms with E-state index in [2.05, 4.69) is 33.9 Å². The Morgan fingerprint density at radius 2 is 1.56 bits per heavy atom. The van der Waals surface area contributed by atoms with Crippen LogP contribution in [0.4, 0.5) is 0 Å².